The molecule has 0 aliphatic carbocycles. The van der Waals surface area contributed by atoms with Crippen molar-refractivity contribution in [3.63, 3.8) is 0 Å². The van der Waals surface area contributed by atoms with E-state index < -0.39 is 5.91 Å². The van der Waals surface area contributed by atoms with E-state index in [1.54, 1.807) is 47.6 Å². The first-order valence-electron chi connectivity index (χ1n) is 10.1. The number of amides is 1. The maximum Gasteiger partial charge on any atom is 0.270 e. The summed E-state index contributed by atoms with van der Waals surface area (Å²) in [7, 11) is 1.79. The standard InChI is InChI=1S/C23H21ClFN7O/c1-14-7-17(25)3-4-18(14)19-8-15(13-32-6-5-31(2)23(32)26)9-20(30-19)22(33)29-12-21-27-10-16(24)11-28-21/h3-11,26H,12-13H2,1-2H3,(H,29,33). The summed E-state index contributed by atoms with van der Waals surface area (Å²) in [4.78, 5) is 25.6. The van der Waals surface area contributed by atoms with E-state index >= 15 is 0 Å². The Morgan fingerprint density at radius 2 is 1.94 bits per heavy atom. The SMILES string of the molecule is Cc1cc(F)ccc1-c1cc(Cn2ccn(C)c2=N)cc(C(=O)NCc2ncc(Cl)cn2)n1. The van der Waals surface area contributed by atoms with Crippen molar-refractivity contribution in [1.29, 1.82) is 5.41 Å². The summed E-state index contributed by atoms with van der Waals surface area (Å²) in [5.74, 6) is -0.329. The normalized spacial score (nSPS) is 10.9. The van der Waals surface area contributed by atoms with E-state index in [0.717, 1.165) is 11.1 Å². The lowest BCUT2D eigenvalue weighted by molar-refractivity contribution is 0.0945. The minimum atomic E-state index is -0.402. The third-order valence-corrected chi connectivity index (χ3v) is 5.29. The van der Waals surface area contributed by atoms with Crippen molar-refractivity contribution in [2.24, 2.45) is 7.05 Å². The van der Waals surface area contributed by atoms with E-state index in [9.17, 15) is 9.18 Å². The first-order valence-corrected chi connectivity index (χ1v) is 10.5. The Hall–Kier alpha value is -3.85. The Morgan fingerprint density at radius 1 is 1.18 bits per heavy atom. The predicted octanol–water partition coefficient (Wildman–Crippen LogP) is 3.24. The average Bonchev–Trinajstić information content (AvgIpc) is 3.10. The Morgan fingerprint density at radius 3 is 2.61 bits per heavy atom. The highest BCUT2D eigenvalue weighted by molar-refractivity contribution is 6.30. The maximum absolute atomic E-state index is 13.6. The number of benzene rings is 1. The van der Waals surface area contributed by atoms with Gasteiger partial charge in [0.1, 0.15) is 17.3 Å². The number of pyridine rings is 1. The van der Waals surface area contributed by atoms with Crippen LogP contribution in [0.3, 0.4) is 0 Å². The molecule has 10 heteroatoms. The smallest absolute Gasteiger partial charge is 0.270 e. The van der Waals surface area contributed by atoms with Gasteiger partial charge in [0, 0.05) is 37.4 Å². The van der Waals surface area contributed by atoms with Crippen LogP contribution in [0.2, 0.25) is 5.02 Å². The molecular formula is C23H21ClFN7O. The first-order chi connectivity index (χ1) is 15.8. The van der Waals surface area contributed by atoms with Crippen LogP contribution in [-0.2, 0) is 20.1 Å². The summed E-state index contributed by atoms with van der Waals surface area (Å²) < 4.78 is 17.1. The number of rotatable bonds is 6. The zero-order valence-electron chi connectivity index (χ0n) is 18.0. The van der Waals surface area contributed by atoms with Gasteiger partial charge in [0.15, 0.2) is 0 Å². The molecule has 8 nitrogen and oxygen atoms in total. The zero-order valence-corrected chi connectivity index (χ0v) is 18.8. The summed E-state index contributed by atoms with van der Waals surface area (Å²) in [5, 5.41) is 11.4. The molecule has 0 atom stereocenters. The van der Waals surface area contributed by atoms with Gasteiger partial charge in [0.25, 0.3) is 5.91 Å². The van der Waals surface area contributed by atoms with Gasteiger partial charge in [0.2, 0.25) is 5.62 Å². The number of aryl methyl sites for hydroxylation is 2. The fourth-order valence-electron chi connectivity index (χ4n) is 3.38. The van der Waals surface area contributed by atoms with E-state index in [-0.39, 0.29) is 18.1 Å². The molecule has 0 unspecified atom stereocenters. The van der Waals surface area contributed by atoms with Gasteiger partial charge in [-0.1, -0.05) is 11.6 Å². The van der Waals surface area contributed by atoms with Gasteiger partial charge in [-0.25, -0.2) is 19.3 Å². The van der Waals surface area contributed by atoms with E-state index in [0.29, 0.717) is 34.3 Å². The average molecular weight is 466 g/mol. The van der Waals surface area contributed by atoms with E-state index in [1.807, 2.05) is 6.07 Å². The van der Waals surface area contributed by atoms with Crippen LogP contribution in [0.4, 0.5) is 4.39 Å². The fourth-order valence-corrected chi connectivity index (χ4v) is 3.47. The minimum Gasteiger partial charge on any atom is -0.343 e. The first kappa shape index (κ1) is 22.3. The molecule has 4 rings (SSSR count). The highest BCUT2D eigenvalue weighted by Crippen LogP contribution is 2.24. The number of hydrogen-bond donors (Lipinski definition) is 2. The maximum atomic E-state index is 13.6. The van der Waals surface area contributed by atoms with Crippen LogP contribution >= 0.6 is 11.6 Å². The molecule has 0 radical (unpaired) electrons. The van der Waals surface area contributed by atoms with Crippen molar-refractivity contribution in [1.82, 2.24) is 29.4 Å². The van der Waals surface area contributed by atoms with Crippen molar-refractivity contribution >= 4 is 17.5 Å². The van der Waals surface area contributed by atoms with Crippen molar-refractivity contribution in [2.75, 3.05) is 0 Å². The second-order valence-electron chi connectivity index (χ2n) is 7.57. The van der Waals surface area contributed by atoms with Gasteiger partial charge in [0.05, 0.1) is 23.8 Å². The van der Waals surface area contributed by atoms with Gasteiger partial charge in [-0.2, -0.15) is 0 Å². The largest absolute Gasteiger partial charge is 0.343 e. The highest BCUT2D eigenvalue weighted by Gasteiger charge is 2.14. The number of nitrogens with one attached hydrogen (secondary N) is 2. The Kier molecular flexibility index (Phi) is 6.32. The van der Waals surface area contributed by atoms with Crippen molar-refractivity contribution in [3.8, 4) is 11.3 Å². The van der Waals surface area contributed by atoms with Crippen LogP contribution in [0.25, 0.3) is 11.3 Å². The number of carbonyl (C=O) groups excluding carboxylic acids is 1. The molecule has 0 saturated carbocycles. The molecule has 0 spiro atoms. The third-order valence-electron chi connectivity index (χ3n) is 5.09. The quantitative estimate of drug-likeness (QED) is 0.456. The fraction of sp³-hybridized carbons (Fsp3) is 0.174. The second-order valence-corrected chi connectivity index (χ2v) is 8.00. The number of nitrogens with zero attached hydrogens (tertiary/aromatic N) is 5. The molecule has 3 aromatic heterocycles. The summed E-state index contributed by atoms with van der Waals surface area (Å²) in [6, 6.07) is 7.96. The monoisotopic (exact) mass is 465 g/mol. The van der Waals surface area contributed by atoms with Gasteiger partial charge >= 0.3 is 0 Å². The van der Waals surface area contributed by atoms with E-state index in [2.05, 4.69) is 20.3 Å². The van der Waals surface area contributed by atoms with Gasteiger partial charge < -0.3 is 14.5 Å². The lowest BCUT2D eigenvalue weighted by Gasteiger charge is -2.12. The molecule has 2 N–H and O–H groups in total. The Bertz CT molecular complexity index is 1380. The number of imidazole rings is 1. The third kappa shape index (κ3) is 5.15. The van der Waals surface area contributed by atoms with Gasteiger partial charge in [-0.3, -0.25) is 10.2 Å². The molecule has 0 aliphatic heterocycles. The number of halogens is 2. The van der Waals surface area contributed by atoms with Crippen LogP contribution in [0.1, 0.15) is 27.4 Å². The van der Waals surface area contributed by atoms with Crippen molar-refractivity contribution in [2.45, 2.75) is 20.0 Å². The lowest BCUT2D eigenvalue weighted by Crippen LogP contribution is -2.26. The summed E-state index contributed by atoms with van der Waals surface area (Å²) in [5.41, 5.74) is 3.26. The molecule has 168 valence electrons. The van der Waals surface area contributed by atoms with Crippen LogP contribution in [0.15, 0.2) is 55.1 Å². The lowest BCUT2D eigenvalue weighted by atomic mass is 10.0. The molecule has 0 fully saturated rings. The van der Waals surface area contributed by atoms with Crippen LogP contribution < -0.4 is 10.9 Å². The second kappa shape index (κ2) is 9.33. The predicted molar refractivity (Wildman–Crippen MR) is 121 cm³/mol. The molecule has 4 aromatic rings. The number of hydrogen-bond acceptors (Lipinski definition) is 5. The number of aromatic nitrogens is 5. The summed E-state index contributed by atoms with van der Waals surface area (Å²) in [6.45, 7) is 2.27. The molecular weight excluding hydrogens is 445 g/mol. The van der Waals surface area contributed by atoms with E-state index in [4.69, 9.17) is 17.0 Å². The van der Waals surface area contributed by atoms with Crippen LogP contribution in [0, 0.1) is 18.2 Å². The molecule has 0 aliphatic rings. The molecule has 33 heavy (non-hydrogen) atoms. The molecule has 0 bridgehead atoms. The van der Waals surface area contributed by atoms with Gasteiger partial charge in [-0.15, -0.1) is 0 Å². The Balaban J connectivity index is 1.68. The van der Waals surface area contributed by atoms with Crippen molar-refractivity contribution < 1.29 is 9.18 Å². The molecule has 1 aromatic carbocycles. The molecule has 3 heterocycles. The highest BCUT2D eigenvalue weighted by atomic mass is 35.5. The molecule has 1 amide bonds. The van der Waals surface area contributed by atoms with Crippen molar-refractivity contribution in [3.05, 3.63) is 94.2 Å². The summed E-state index contributed by atoms with van der Waals surface area (Å²) in [6.07, 6.45) is 6.50. The summed E-state index contributed by atoms with van der Waals surface area (Å²) >= 11 is 5.80. The topological polar surface area (TPSA) is 101 Å². The zero-order chi connectivity index (χ0) is 23.5. The minimum absolute atomic E-state index is 0.108. The van der Waals surface area contributed by atoms with Crippen LogP contribution in [0.5, 0.6) is 0 Å². The van der Waals surface area contributed by atoms with Gasteiger partial charge in [-0.05, 0) is 48.4 Å². The number of carbonyl (C=O) groups is 1. The molecule has 0 saturated heterocycles. The van der Waals surface area contributed by atoms with E-state index in [1.165, 1.54) is 24.5 Å². The van der Waals surface area contributed by atoms with Crippen LogP contribution in [-0.4, -0.2) is 30.0 Å². The Labute approximate surface area is 194 Å².